The molecule has 5 heteroatoms. The van der Waals surface area contributed by atoms with Crippen LogP contribution in [0.5, 0.6) is 0 Å². The molecule has 1 atom stereocenters. The third kappa shape index (κ3) is 4.52. The van der Waals surface area contributed by atoms with Crippen molar-refractivity contribution in [2.24, 2.45) is 5.92 Å². The molecule has 1 aromatic carbocycles. The molecule has 0 saturated carbocycles. The number of likely N-dealkylation sites (tertiary alicyclic amines) is 1. The zero-order chi connectivity index (χ0) is 15.9. The fraction of sp³-hybridized carbons (Fsp3) is 0.588. The highest BCUT2D eigenvalue weighted by Crippen LogP contribution is 2.19. The zero-order valence-electron chi connectivity index (χ0n) is 13.1. The van der Waals surface area contributed by atoms with Crippen molar-refractivity contribution < 1.29 is 14.3 Å². The molecule has 1 aliphatic rings. The summed E-state index contributed by atoms with van der Waals surface area (Å²) in [4.78, 5) is 14.5. The number of amides is 1. The molecule has 1 amide bonds. The molecular formula is C17H25FN2O2. The Kier molecular flexibility index (Phi) is 6.34. The Balaban J connectivity index is 1.77. The standard InChI is InChI=1S/C17H25FN2O2/c1-2-9-20-10-7-13(8-11-20)17(22)19-12-16(21)14-5-3-4-6-15(14)18/h3-6,13,16,21H,2,7-12H2,1H3,(H,19,22). The van der Waals surface area contributed by atoms with Gasteiger partial charge in [0, 0.05) is 18.0 Å². The Labute approximate surface area is 131 Å². The van der Waals surface area contributed by atoms with Gasteiger partial charge >= 0.3 is 0 Å². The van der Waals surface area contributed by atoms with Gasteiger partial charge in [-0.3, -0.25) is 4.79 Å². The number of piperidine rings is 1. The molecule has 122 valence electrons. The van der Waals surface area contributed by atoms with E-state index in [1.54, 1.807) is 12.1 Å². The summed E-state index contributed by atoms with van der Waals surface area (Å²) in [6.07, 6.45) is 1.82. The molecular weight excluding hydrogens is 283 g/mol. The van der Waals surface area contributed by atoms with Crippen LogP contribution in [0.4, 0.5) is 4.39 Å². The van der Waals surface area contributed by atoms with Crippen molar-refractivity contribution in [2.75, 3.05) is 26.2 Å². The van der Waals surface area contributed by atoms with E-state index in [2.05, 4.69) is 17.1 Å². The number of carbonyl (C=O) groups excluding carboxylic acids is 1. The molecule has 2 rings (SSSR count). The van der Waals surface area contributed by atoms with Gasteiger partial charge in [-0.05, 0) is 45.0 Å². The number of nitrogens with one attached hydrogen (secondary N) is 1. The minimum atomic E-state index is -1.01. The molecule has 1 saturated heterocycles. The number of rotatable bonds is 6. The molecule has 1 aromatic rings. The van der Waals surface area contributed by atoms with Gasteiger partial charge in [0.05, 0.1) is 6.10 Å². The Morgan fingerprint density at radius 3 is 2.73 bits per heavy atom. The summed E-state index contributed by atoms with van der Waals surface area (Å²) in [6, 6.07) is 6.10. The largest absolute Gasteiger partial charge is 0.386 e. The fourth-order valence-electron chi connectivity index (χ4n) is 2.93. The number of hydrogen-bond donors (Lipinski definition) is 2. The van der Waals surface area contributed by atoms with E-state index in [9.17, 15) is 14.3 Å². The fourth-order valence-corrected chi connectivity index (χ4v) is 2.93. The summed E-state index contributed by atoms with van der Waals surface area (Å²) in [7, 11) is 0. The Bertz CT molecular complexity index is 487. The highest BCUT2D eigenvalue weighted by atomic mass is 19.1. The first-order valence-corrected chi connectivity index (χ1v) is 8.04. The normalized spacial score (nSPS) is 18.1. The molecule has 4 nitrogen and oxygen atoms in total. The lowest BCUT2D eigenvalue weighted by atomic mass is 9.95. The second-order valence-corrected chi connectivity index (χ2v) is 5.90. The molecule has 0 spiro atoms. The summed E-state index contributed by atoms with van der Waals surface area (Å²) < 4.78 is 13.6. The van der Waals surface area contributed by atoms with Crippen LogP contribution in [-0.4, -0.2) is 42.1 Å². The second kappa shape index (κ2) is 8.25. The van der Waals surface area contributed by atoms with E-state index in [0.717, 1.165) is 38.9 Å². The van der Waals surface area contributed by atoms with Gasteiger partial charge in [-0.1, -0.05) is 25.1 Å². The Morgan fingerprint density at radius 1 is 1.41 bits per heavy atom. The van der Waals surface area contributed by atoms with Gasteiger partial charge in [0.1, 0.15) is 5.82 Å². The third-order valence-corrected chi connectivity index (χ3v) is 4.23. The van der Waals surface area contributed by atoms with Gasteiger partial charge in [-0.2, -0.15) is 0 Å². The van der Waals surface area contributed by atoms with Crippen molar-refractivity contribution in [1.29, 1.82) is 0 Å². The average molecular weight is 308 g/mol. The van der Waals surface area contributed by atoms with Gasteiger partial charge in [0.15, 0.2) is 0 Å². The second-order valence-electron chi connectivity index (χ2n) is 5.90. The lowest BCUT2D eigenvalue weighted by molar-refractivity contribution is -0.126. The van der Waals surface area contributed by atoms with Crippen molar-refractivity contribution >= 4 is 5.91 Å². The number of benzene rings is 1. The maximum absolute atomic E-state index is 13.6. The smallest absolute Gasteiger partial charge is 0.223 e. The maximum atomic E-state index is 13.6. The molecule has 1 fully saturated rings. The Morgan fingerprint density at radius 2 is 2.09 bits per heavy atom. The van der Waals surface area contributed by atoms with Gasteiger partial charge in [-0.15, -0.1) is 0 Å². The number of nitrogens with zero attached hydrogens (tertiary/aromatic N) is 1. The molecule has 0 aromatic heterocycles. The van der Waals surface area contributed by atoms with Crippen LogP contribution in [0.25, 0.3) is 0 Å². The van der Waals surface area contributed by atoms with Crippen LogP contribution in [0.1, 0.15) is 37.9 Å². The molecule has 22 heavy (non-hydrogen) atoms. The first kappa shape index (κ1) is 16.9. The van der Waals surface area contributed by atoms with Crippen LogP contribution >= 0.6 is 0 Å². The molecule has 1 unspecified atom stereocenters. The Hall–Kier alpha value is -1.46. The van der Waals surface area contributed by atoms with E-state index in [-0.39, 0.29) is 23.9 Å². The quantitative estimate of drug-likeness (QED) is 0.846. The molecule has 2 N–H and O–H groups in total. The number of hydrogen-bond acceptors (Lipinski definition) is 3. The van der Waals surface area contributed by atoms with Crippen molar-refractivity contribution in [2.45, 2.75) is 32.3 Å². The number of carbonyl (C=O) groups is 1. The maximum Gasteiger partial charge on any atom is 0.223 e. The van der Waals surface area contributed by atoms with E-state index < -0.39 is 11.9 Å². The summed E-state index contributed by atoms with van der Waals surface area (Å²) in [5.41, 5.74) is 0.223. The molecule has 0 radical (unpaired) electrons. The SMILES string of the molecule is CCCN1CCC(C(=O)NCC(O)c2ccccc2F)CC1. The van der Waals surface area contributed by atoms with E-state index >= 15 is 0 Å². The highest BCUT2D eigenvalue weighted by molar-refractivity contribution is 5.78. The summed E-state index contributed by atoms with van der Waals surface area (Å²) in [6.45, 7) is 5.18. The van der Waals surface area contributed by atoms with Crippen molar-refractivity contribution in [3.63, 3.8) is 0 Å². The monoisotopic (exact) mass is 308 g/mol. The van der Waals surface area contributed by atoms with E-state index in [1.165, 1.54) is 12.1 Å². The summed E-state index contributed by atoms with van der Waals surface area (Å²) in [5.74, 6) is -0.482. The van der Waals surface area contributed by atoms with Gasteiger partial charge in [-0.25, -0.2) is 4.39 Å². The zero-order valence-corrected chi connectivity index (χ0v) is 13.1. The van der Waals surface area contributed by atoms with Gasteiger partial charge < -0.3 is 15.3 Å². The van der Waals surface area contributed by atoms with Gasteiger partial charge in [0.25, 0.3) is 0 Å². The van der Waals surface area contributed by atoms with Crippen LogP contribution in [0, 0.1) is 11.7 Å². The lowest BCUT2D eigenvalue weighted by Crippen LogP contribution is -2.41. The minimum Gasteiger partial charge on any atom is -0.386 e. The van der Waals surface area contributed by atoms with E-state index in [0.29, 0.717) is 0 Å². The van der Waals surface area contributed by atoms with Crippen LogP contribution < -0.4 is 5.32 Å². The third-order valence-electron chi connectivity index (χ3n) is 4.23. The average Bonchev–Trinajstić information content (AvgIpc) is 2.54. The van der Waals surface area contributed by atoms with Crippen molar-refractivity contribution in [3.8, 4) is 0 Å². The van der Waals surface area contributed by atoms with Crippen LogP contribution in [0.2, 0.25) is 0 Å². The van der Waals surface area contributed by atoms with E-state index in [1.807, 2.05) is 0 Å². The summed E-state index contributed by atoms with van der Waals surface area (Å²) >= 11 is 0. The number of aliphatic hydroxyl groups excluding tert-OH is 1. The van der Waals surface area contributed by atoms with Crippen LogP contribution in [-0.2, 0) is 4.79 Å². The van der Waals surface area contributed by atoms with E-state index in [4.69, 9.17) is 0 Å². The van der Waals surface area contributed by atoms with Gasteiger partial charge in [0.2, 0.25) is 5.91 Å². The number of aliphatic hydroxyl groups is 1. The lowest BCUT2D eigenvalue weighted by Gasteiger charge is -2.31. The van der Waals surface area contributed by atoms with Crippen LogP contribution in [0.15, 0.2) is 24.3 Å². The first-order valence-electron chi connectivity index (χ1n) is 8.04. The molecule has 0 bridgehead atoms. The topological polar surface area (TPSA) is 52.6 Å². The predicted molar refractivity (Wildman–Crippen MR) is 83.8 cm³/mol. The number of halogens is 1. The van der Waals surface area contributed by atoms with Crippen molar-refractivity contribution in [3.05, 3.63) is 35.6 Å². The summed E-state index contributed by atoms with van der Waals surface area (Å²) in [5, 5.41) is 12.7. The molecule has 1 heterocycles. The minimum absolute atomic E-state index is 0.000858. The first-order chi connectivity index (χ1) is 10.6. The molecule has 0 aliphatic carbocycles. The van der Waals surface area contributed by atoms with Crippen LogP contribution in [0.3, 0.4) is 0 Å². The molecule has 1 aliphatic heterocycles. The predicted octanol–water partition coefficient (Wildman–Crippen LogP) is 2.10. The highest BCUT2D eigenvalue weighted by Gasteiger charge is 2.25. The van der Waals surface area contributed by atoms with Crippen molar-refractivity contribution in [1.82, 2.24) is 10.2 Å².